The van der Waals surface area contributed by atoms with Gasteiger partial charge in [-0.05, 0) is 19.1 Å². The van der Waals surface area contributed by atoms with E-state index in [1.165, 1.54) is 0 Å². The Labute approximate surface area is 121 Å². The number of hydrogen-bond acceptors (Lipinski definition) is 5. The fourth-order valence-electron chi connectivity index (χ4n) is 2.48. The molecule has 6 nitrogen and oxygen atoms in total. The molecule has 2 N–H and O–H groups in total. The van der Waals surface area contributed by atoms with Crippen LogP contribution in [0.2, 0.25) is 0 Å². The predicted octanol–water partition coefficient (Wildman–Crippen LogP) is 1.09. The number of amidine groups is 1. The number of phenols is 1. The van der Waals surface area contributed by atoms with E-state index in [1.807, 2.05) is 6.07 Å². The lowest BCUT2D eigenvalue weighted by atomic mass is 10.1. The minimum Gasteiger partial charge on any atom is -0.508 e. The number of benzene rings is 1. The normalized spacial score (nSPS) is 20.9. The largest absolute Gasteiger partial charge is 0.508 e. The average molecular weight is 296 g/mol. The highest BCUT2D eigenvalue weighted by Gasteiger charge is 2.37. The van der Waals surface area contributed by atoms with Gasteiger partial charge < -0.3 is 10.0 Å². The van der Waals surface area contributed by atoms with Gasteiger partial charge in [-0.3, -0.25) is 14.9 Å². The number of hydrogen-bond donors (Lipinski definition) is 2. The molecule has 1 fully saturated rings. The third kappa shape index (κ3) is 2.22. The van der Waals surface area contributed by atoms with E-state index in [-0.39, 0.29) is 36.4 Å². The molecule has 2 amide bonds. The van der Waals surface area contributed by atoms with Crippen LogP contribution < -0.4 is 5.32 Å². The Morgan fingerprint density at radius 3 is 2.80 bits per heavy atom. The molecule has 0 aromatic heterocycles. The van der Waals surface area contributed by atoms with Crippen molar-refractivity contribution < 1.29 is 14.7 Å². The smallest absolute Gasteiger partial charge is 0.249 e. The Bertz CT molecular complexity index is 615. The summed E-state index contributed by atoms with van der Waals surface area (Å²) in [5, 5.41) is 12.1. The van der Waals surface area contributed by atoms with Gasteiger partial charge in [-0.2, -0.15) is 0 Å². The number of amides is 2. The highest BCUT2D eigenvalue weighted by Crippen LogP contribution is 2.34. The molecule has 7 heteroatoms. The first-order chi connectivity index (χ1) is 9.06. The van der Waals surface area contributed by atoms with E-state index in [0.717, 1.165) is 0 Å². The second-order valence-electron chi connectivity index (χ2n) is 4.69. The fraction of sp³-hybridized carbons (Fsp3) is 0.308. The van der Waals surface area contributed by atoms with E-state index in [9.17, 15) is 14.7 Å². The van der Waals surface area contributed by atoms with Gasteiger partial charge in [-0.25, -0.2) is 4.99 Å². The van der Waals surface area contributed by atoms with Crippen molar-refractivity contribution in [1.82, 2.24) is 10.2 Å². The molecular formula is C13H14ClN3O3. The zero-order chi connectivity index (χ0) is 13.6. The number of phenolic OH excluding ortho intramolecular Hbond substituents is 1. The average Bonchev–Trinajstić information content (AvgIpc) is 2.68. The minimum atomic E-state index is -0.538. The highest BCUT2D eigenvalue weighted by molar-refractivity contribution is 6.07. The van der Waals surface area contributed by atoms with Gasteiger partial charge in [0.05, 0.1) is 18.7 Å². The molecule has 1 saturated heterocycles. The Morgan fingerprint density at radius 1 is 1.40 bits per heavy atom. The van der Waals surface area contributed by atoms with Crippen molar-refractivity contribution in [1.29, 1.82) is 0 Å². The third-order valence-corrected chi connectivity index (χ3v) is 3.47. The summed E-state index contributed by atoms with van der Waals surface area (Å²) in [5.41, 5.74) is 1.39. The van der Waals surface area contributed by atoms with Gasteiger partial charge in [0.15, 0.2) is 0 Å². The Morgan fingerprint density at radius 2 is 2.15 bits per heavy atom. The van der Waals surface area contributed by atoms with E-state index in [1.54, 1.807) is 24.0 Å². The van der Waals surface area contributed by atoms with Crippen LogP contribution in [0.15, 0.2) is 23.2 Å². The maximum atomic E-state index is 11.7. The van der Waals surface area contributed by atoms with Crippen molar-refractivity contribution in [2.75, 3.05) is 0 Å². The van der Waals surface area contributed by atoms with Gasteiger partial charge in [0.1, 0.15) is 17.6 Å². The first-order valence-corrected chi connectivity index (χ1v) is 6.03. The predicted molar refractivity (Wildman–Crippen MR) is 75.2 cm³/mol. The number of aromatic hydroxyl groups is 1. The van der Waals surface area contributed by atoms with E-state index < -0.39 is 6.04 Å². The number of nitrogens with one attached hydrogen (secondary N) is 1. The van der Waals surface area contributed by atoms with Crippen LogP contribution in [0.3, 0.4) is 0 Å². The molecule has 1 atom stereocenters. The fourth-order valence-corrected chi connectivity index (χ4v) is 2.48. The van der Waals surface area contributed by atoms with Crippen LogP contribution in [0.4, 0.5) is 5.69 Å². The zero-order valence-corrected chi connectivity index (χ0v) is 11.6. The molecule has 0 saturated carbocycles. The van der Waals surface area contributed by atoms with E-state index in [4.69, 9.17) is 0 Å². The second kappa shape index (κ2) is 5.13. The highest BCUT2D eigenvalue weighted by atomic mass is 35.5. The summed E-state index contributed by atoms with van der Waals surface area (Å²) in [7, 11) is 0. The van der Waals surface area contributed by atoms with Gasteiger partial charge in [-0.15, -0.1) is 12.4 Å². The lowest BCUT2D eigenvalue weighted by Gasteiger charge is -2.32. The number of halogens is 1. The summed E-state index contributed by atoms with van der Waals surface area (Å²) < 4.78 is 0. The van der Waals surface area contributed by atoms with Crippen LogP contribution in [-0.2, 0) is 16.1 Å². The molecule has 106 valence electrons. The molecule has 20 heavy (non-hydrogen) atoms. The van der Waals surface area contributed by atoms with Crippen LogP contribution in [0.1, 0.15) is 18.9 Å². The van der Waals surface area contributed by atoms with Crippen LogP contribution in [-0.4, -0.2) is 33.7 Å². The van der Waals surface area contributed by atoms with Crippen LogP contribution in [0, 0.1) is 0 Å². The Kier molecular flexibility index (Phi) is 3.67. The number of carbonyl (C=O) groups is 2. The number of rotatable bonds is 1. The Balaban J connectivity index is 0.00000147. The molecule has 0 aliphatic carbocycles. The zero-order valence-electron chi connectivity index (χ0n) is 10.8. The Hall–Kier alpha value is -2.08. The lowest BCUT2D eigenvalue weighted by Crippen LogP contribution is -2.44. The van der Waals surface area contributed by atoms with Gasteiger partial charge in [-0.1, -0.05) is 6.07 Å². The molecule has 1 aromatic rings. The van der Waals surface area contributed by atoms with Crippen LogP contribution >= 0.6 is 12.4 Å². The molecule has 2 aliphatic rings. The van der Waals surface area contributed by atoms with E-state index in [2.05, 4.69) is 10.3 Å². The first kappa shape index (κ1) is 14.3. The monoisotopic (exact) mass is 295 g/mol. The minimum absolute atomic E-state index is 0. The van der Waals surface area contributed by atoms with Crippen molar-refractivity contribution in [2.24, 2.45) is 4.99 Å². The van der Waals surface area contributed by atoms with Gasteiger partial charge in [0, 0.05) is 5.56 Å². The summed E-state index contributed by atoms with van der Waals surface area (Å²) in [6.45, 7) is 2.17. The standard InChI is InChI=1S/C13H13N3O3.ClH/c1-7-14-9-3-2-4-11(17)8(9)6-16(7)10-5-12(18)15-13(10)19;/h2-4,10,17H,5-6H2,1H3,(H,15,18,19);1H. The molecule has 0 spiro atoms. The van der Waals surface area contributed by atoms with Gasteiger partial charge >= 0.3 is 0 Å². The topological polar surface area (TPSA) is 82.0 Å². The van der Waals surface area contributed by atoms with Crippen LogP contribution in [0.25, 0.3) is 0 Å². The molecule has 3 rings (SSSR count). The quantitative estimate of drug-likeness (QED) is 0.760. The number of fused-ring (bicyclic) bond motifs is 1. The maximum Gasteiger partial charge on any atom is 0.249 e. The molecule has 1 aromatic carbocycles. The van der Waals surface area contributed by atoms with Gasteiger partial charge in [0.2, 0.25) is 11.8 Å². The first-order valence-electron chi connectivity index (χ1n) is 6.03. The van der Waals surface area contributed by atoms with Gasteiger partial charge in [0.25, 0.3) is 0 Å². The molecule has 1 unspecified atom stereocenters. The number of imide groups is 1. The third-order valence-electron chi connectivity index (χ3n) is 3.47. The van der Waals surface area contributed by atoms with Crippen molar-refractivity contribution in [3.05, 3.63) is 23.8 Å². The summed E-state index contributed by atoms with van der Waals surface area (Å²) in [6.07, 6.45) is 0.134. The molecule has 2 heterocycles. The molecule has 0 bridgehead atoms. The van der Waals surface area contributed by atoms with Crippen molar-refractivity contribution in [3.8, 4) is 5.75 Å². The van der Waals surface area contributed by atoms with E-state index in [0.29, 0.717) is 23.6 Å². The summed E-state index contributed by atoms with van der Waals surface area (Å²) in [5.74, 6) is 0.251. The van der Waals surface area contributed by atoms with Crippen molar-refractivity contribution >= 4 is 35.7 Å². The molecule has 2 aliphatic heterocycles. The summed E-state index contributed by atoms with van der Waals surface area (Å²) in [4.78, 5) is 29.1. The molecular weight excluding hydrogens is 282 g/mol. The molecule has 0 radical (unpaired) electrons. The second-order valence-corrected chi connectivity index (χ2v) is 4.69. The number of nitrogens with zero attached hydrogens (tertiary/aromatic N) is 2. The van der Waals surface area contributed by atoms with E-state index >= 15 is 0 Å². The summed E-state index contributed by atoms with van der Waals surface area (Å²) in [6, 6.07) is 4.60. The number of aliphatic imine (C=N–C) groups is 1. The summed E-state index contributed by atoms with van der Waals surface area (Å²) >= 11 is 0. The van der Waals surface area contributed by atoms with Crippen LogP contribution in [0.5, 0.6) is 5.75 Å². The van der Waals surface area contributed by atoms with Crippen molar-refractivity contribution in [3.63, 3.8) is 0 Å². The lowest BCUT2D eigenvalue weighted by molar-refractivity contribution is -0.125. The number of carbonyl (C=O) groups excluding carboxylic acids is 2. The SMILES string of the molecule is CC1=Nc2cccc(O)c2CN1C1CC(=O)NC1=O.Cl. The maximum absolute atomic E-state index is 11.7. The van der Waals surface area contributed by atoms with Crippen molar-refractivity contribution in [2.45, 2.75) is 25.9 Å².